The van der Waals surface area contributed by atoms with E-state index in [1.54, 1.807) is 6.07 Å². The number of aliphatic hydroxyl groups excluding tert-OH is 1. The Balaban J connectivity index is 1.82. The van der Waals surface area contributed by atoms with Crippen molar-refractivity contribution in [3.05, 3.63) is 92.4 Å². The first-order chi connectivity index (χ1) is 20.1. The van der Waals surface area contributed by atoms with Crippen LogP contribution in [0.3, 0.4) is 0 Å². The number of fused-ring (bicyclic) bond motifs is 1. The van der Waals surface area contributed by atoms with Crippen molar-refractivity contribution in [2.24, 2.45) is 0 Å². The molecule has 4 N–H and O–H groups in total. The van der Waals surface area contributed by atoms with Crippen LogP contribution in [-0.2, 0) is 42.3 Å². The fourth-order valence-electron chi connectivity index (χ4n) is 4.97. The first-order valence-corrected chi connectivity index (χ1v) is 16.3. The predicted octanol–water partition coefficient (Wildman–Crippen LogP) is 1.57. The van der Waals surface area contributed by atoms with Crippen LogP contribution in [0.4, 0.5) is 5.69 Å². The van der Waals surface area contributed by atoms with Gasteiger partial charge < -0.3 is 20.7 Å². The van der Waals surface area contributed by atoms with Crippen LogP contribution in [0.2, 0.25) is 0 Å². The molecule has 2 heterocycles. The Morgan fingerprint density at radius 2 is 1.71 bits per heavy atom. The highest BCUT2D eigenvalue weighted by Crippen LogP contribution is 2.17. The standard InChI is InChI=1S/C30H40N6O5S/c1-3-25(37)21-32-14-17-34-26(20-22-9-5-4-6-10-22)33-28-27(34)29(38)36(15-8-18-42(2,40)41)30(39)35(28)16-13-23-11-7-12-24(31)19-23/h4-7,9-12,19,25,32,37H,3,8,13-18,20-21,31H2,1-2H3. The maximum Gasteiger partial charge on any atom is 0.332 e. The smallest absolute Gasteiger partial charge is 0.332 e. The summed E-state index contributed by atoms with van der Waals surface area (Å²) in [6.45, 7) is 3.41. The fourth-order valence-corrected chi connectivity index (χ4v) is 5.62. The zero-order valence-corrected chi connectivity index (χ0v) is 25.0. The molecule has 0 aliphatic carbocycles. The van der Waals surface area contributed by atoms with Gasteiger partial charge in [0.25, 0.3) is 5.56 Å². The second-order valence-corrected chi connectivity index (χ2v) is 12.9. The number of aromatic nitrogens is 4. The summed E-state index contributed by atoms with van der Waals surface area (Å²) < 4.78 is 28.1. The van der Waals surface area contributed by atoms with Crippen molar-refractivity contribution in [3.8, 4) is 0 Å². The van der Waals surface area contributed by atoms with E-state index in [2.05, 4.69) is 5.32 Å². The number of imidazole rings is 1. The Morgan fingerprint density at radius 3 is 2.40 bits per heavy atom. The monoisotopic (exact) mass is 596 g/mol. The number of sulfone groups is 1. The highest BCUT2D eigenvalue weighted by atomic mass is 32.2. The minimum absolute atomic E-state index is 0.0287. The molecule has 1 atom stereocenters. The number of aliphatic hydroxyl groups is 1. The van der Waals surface area contributed by atoms with Gasteiger partial charge in [0.05, 0.1) is 11.9 Å². The summed E-state index contributed by atoms with van der Waals surface area (Å²) in [6.07, 6.45) is 2.35. The molecule has 2 aromatic heterocycles. The van der Waals surface area contributed by atoms with Crippen molar-refractivity contribution in [2.45, 2.75) is 58.3 Å². The van der Waals surface area contributed by atoms with Crippen LogP contribution >= 0.6 is 0 Å². The third-order valence-corrected chi connectivity index (χ3v) is 8.26. The summed E-state index contributed by atoms with van der Waals surface area (Å²) in [7, 11) is -3.27. The van der Waals surface area contributed by atoms with Crippen molar-refractivity contribution in [3.63, 3.8) is 0 Å². The Hall–Kier alpha value is -3.74. The van der Waals surface area contributed by atoms with Crippen molar-refractivity contribution in [1.29, 1.82) is 0 Å². The molecule has 0 bridgehead atoms. The molecule has 0 amide bonds. The minimum atomic E-state index is -3.27. The number of anilines is 1. The van der Waals surface area contributed by atoms with Gasteiger partial charge in [0.15, 0.2) is 11.2 Å². The zero-order chi connectivity index (χ0) is 30.3. The Labute approximate surface area is 245 Å². The first kappa shape index (κ1) is 31.2. The zero-order valence-electron chi connectivity index (χ0n) is 24.2. The number of nitrogens with one attached hydrogen (secondary N) is 1. The van der Waals surface area contributed by atoms with Crippen molar-refractivity contribution >= 4 is 26.7 Å². The lowest BCUT2D eigenvalue weighted by molar-refractivity contribution is 0.167. The van der Waals surface area contributed by atoms with E-state index in [1.165, 1.54) is 4.57 Å². The van der Waals surface area contributed by atoms with Gasteiger partial charge in [-0.05, 0) is 42.5 Å². The van der Waals surface area contributed by atoms with Crippen molar-refractivity contribution in [2.75, 3.05) is 30.8 Å². The molecule has 0 fully saturated rings. The maximum atomic E-state index is 13.9. The van der Waals surface area contributed by atoms with E-state index in [-0.39, 0.29) is 25.3 Å². The van der Waals surface area contributed by atoms with Crippen LogP contribution in [0.15, 0.2) is 64.2 Å². The van der Waals surface area contributed by atoms with E-state index in [9.17, 15) is 23.1 Å². The summed E-state index contributed by atoms with van der Waals surface area (Å²) in [5.41, 5.74) is 8.10. The van der Waals surface area contributed by atoms with Gasteiger partial charge in [-0.2, -0.15) is 0 Å². The average molecular weight is 597 g/mol. The van der Waals surface area contributed by atoms with Crippen molar-refractivity contribution < 1.29 is 13.5 Å². The van der Waals surface area contributed by atoms with Gasteiger partial charge in [-0.3, -0.25) is 13.9 Å². The van der Waals surface area contributed by atoms with Crippen LogP contribution in [0.1, 0.15) is 36.7 Å². The molecule has 2 aromatic carbocycles. The summed E-state index contributed by atoms with van der Waals surface area (Å²) in [4.78, 5) is 32.5. The molecule has 226 valence electrons. The SMILES string of the molecule is CCC(O)CNCCn1c(Cc2ccccc2)nc2c1c(=O)n(CCCS(C)(=O)=O)c(=O)n2CCc1cccc(N)c1. The van der Waals surface area contributed by atoms with E-state index in [1.807, 2.05) is 60.0 Å². The van der Waals surface area contributed by atoms with Crippen LogP contribution in [0.25, 0.3) is 11.2 Å². The molecule has 4 aromatic rings. The number of nitrogens with two attached hydrogens (primary N) is 1. The van der Waals surface area contributed by atoms with Crippen LogP contribution in [0.5, 0.6) is 0 Å². The van der Waals surface area contributed by atoms with Gasteiger partial charge in [-0.25, -0.2) is 18.2 Å². The molecule has 4 rings (SSSR count). The highest BCUT2D eigenvalue weighted by molar-refractivity contribution is 7.90. The predicted molar refractivity (Wildman–Crippen MR) is 166 cm³/mol. The van der Waals surface area contributed by atoms with Gasteiger partial charge in [0.2, 0.25) is 0 Å². The van der Waals surface area contributed by atoms with Gasteiger partial charge in [0.1, 0.15) is 15.7 Å². The molecule has 0 aliphatic rings. The summed E-state index contributed by atoms with van der Waals surface area (Å²) in [6, 6.07) is 17.2. The van der Waals surface area contributed by atoms with E-state index in [4.69, 9.17) is 10.7 Å². The molecular formula is C30H40N6O5S. The second kappa shape index (κ2) is 14.0. The Bertz CT molecular complexity index is 1730. The third kappa shape index (κ3) is 7.96. The van der Waals surface area contributed by atoms with Crippen LogP contribution in [0, 0.1) is 0 Å². The Morgan fingerprint density at radius 1 is 0.976 bits per heavy atom. The van der Waals surface area contributed by atoms with E-state index >= 15 is 0 Å². The summed E-state index contributed by atoms with van der Waals surface area (Å²) in [5, 5.41) is 13.2. The van der Waals surface area contributed by atoms with Gasteiger partial charge in [0, 0.05) is 51.1 Å². The normalized spacial score (nSPS) is 12.6. The molecule has 0 saturated carbocycles. The van der Waals surface area contributed by atoms with E-state index < -0.39 is 27.2 Å². The molecule has 0 radical (unpaired) electrons. The number of nitrogen functional groups attached to an aromatic ring is 1. The largest absolute Gasteiger partial charge is 0.399 e. The van der Waals surface area contributed by atoms with Crippen LogP contribution < -0.4 is 22.3 Å². The van der Waals surface area contributed by atoms with Crippen molar-refractivity contribution in [1.82, 2.24) is 24.0 Å². The number of hydrogen-bond donors (Lipinski definition) is 3. The molecule has 42 heavy (non-hydrogen) atoms. The molecule has 12 heteroatoms. The third-order valence-electron chi connectivity index (χ3n) is 7.23. The quantitative estimate of drug-likeness (QED) is 0.138. The molecule has 0 saturated heterocycles. The Kier molecular flexibility index (Phi) is 10.4. The lowest BCUT2D eigenvalue weighted by Crippen LogP contribution is -2.41. The molecule has 0 aliphatic heterocycles. The number of hydrogen-bond acceptors (Lipinski definition) is 8. The minimum Gasteiger partial charge on any atom is -0.399 e. The number of nitrogens with zero attached hydrogens (tertiary/aromatic N) is 4. The maximum absolute atomic E-state index is 13.9. The van der Waals surface area contributed by atoms with Gasteiger partial charge in [-0.1, -0.05) is 49.4 Å². The average Bonchev–Trinajstić information content (AvgIpc) is 3.30. The molecule has 0 spiro atoms. The van der Waals surface area contributed by atoms with Gasteiger partial charge >= 0.3 is 5.69 Å². The number of aryl methyl sites for hydroxylation is 2. The van der Waals surface area contributed by atoms with Gasteiger partial charge in [-0.15, -0.1) is 0 Å². The van der Waals surface area contributed by atoms with Crippen LogP contribution in [-0.4, -0.2) is 63.4 Å². The summed E-state index contributed by atoms with van der Waals surface area (Å²) >= 11 is 0. The summed E-state index contributed by atoms with van der Waals surface area (Å²) in [5.74, 6) is 0.500. The van der Waals surface area contributed by atoms with E-state index in [0.29, 0.717) is 61.6 Å². The lowest BCUT2D eigenvalue weighted by Gasteiger charge is -2.14. The number of rotatable bonds is 15. The topological polar surface area (TPSA) is 154 Å². The first-order valence-electron chi connectivity index (χ1n) is 14.2. The lowest BCUT2D eigenvalue weighted by atomic mass is 10.1. The fraction of sp³-hybridized carbons (Fsp3) is 0.433. The second-order valence-electron chi connectivity index (χ2n) is 10.6. The highest BCUT2D eigenvalue weighted by Gasteiger charge is 2.22. The van der Waals surface area contributed by atoms with E-state index in [0.717, 1.165) is 21.9 Å². The molecule has 11 nitrogen and oxygen atoms in total. The molecule has 1 unspecified atom stereocenters. The molecular weight excluding hydrogens is 556 g/mol. The number of benzene rings is 2.